The van der Waals surface area contributed by atoms with Crippen LogP contribution < -0.4 is 10.6 Å². The molecule has 0 aliphatic carbocycles. The lowest BCUT2D eigenvalue weighted by Crippen LogP contribution is -2.10. The van der Waals surface area contributed by atoms with E-state index in [-0.39, 0.29) is 5.82 Å². The Morgan fingerprint density at radius 3 is 2.62 bits per heavy atom. The molecule has 0 radical (unpaired) electrons. The minimum Gasteiger partial charge on any atom is -0.370 e. The van der Waals surface area contributed by atoms with E-state index in [4.69, 9.17) is 0 Å². The summed E-state index contributed by atoms with van der Waals surface area (Å²) in [5.74, 6) is 1.98. The van der Waals surface area contributed by atoms with Gasteiger partial charge < -0.3 is 10.6 Å². The largest absolute Gasteiger partial charge is 0.370 e. The Hall–Kier alpha value is -2.43. The van der Waals surface area contributed by atoms with Gasteiger partial charge in [-0.2, -0.15) is 0 Å². The van der Waals surface area contributed by atoms with Gasteiger partial charge in [0.05, 0.1) is 0 Å². The average Bonchev–Trinajstić information content (AvgIpc) is 2.47. The highest BCUT2D eigenvalue weighted by molar-refractivity contribution is 5.47. The SMILES string of the molecule is C=CCNc1cc(NCCc2ccccc2F)nc(C)n1. The minimum absolute atomic E-state index is 0.175. The molecule has 0 atom stereocenters. The standard InChI is InChI=1S/C16H19FN4/c1-3-9-18-15-11-16(21-12(2)20-15)19-10-8-13-6-4-5-7-14(13)17/h3-7,11H,1,8-10H2,2H3,(H2,18,19,20,21). The van der Waals surface area contributed by atoms with Crippen molar-refractivity contribution in [3.8, 4) is 0 Å². The number of nitrogens with one attached hydrogen (secondary N) is 2. The monoisotopic (exact) mass is 286 g/mol. The van der Waals surface area contributed by atoms with Crippen LogP contribution in [-0.2, 0) is 6.42 Å². The Morgan fingerprint density at radius 1 is 1.19 bits per heavy atom. The number of aromatic nitrogens is 2. The van der Waals surface area contributed by atoms with Gasteiger partial charge in [0.15, 0.2) is 0 Å². The number of benzene rings is 1. The number of hydrogen-bond donors (Lipinski definition) is 2. The van der Waals surface area contributed by atoms with Crippen molar-refractivity contribution in [1.82, 2.24) is 9.97 Å². The van der Waals surface area contributed by atoms with Gasteiger partial charge in [0, 0.05) is 19.2 Å². The summed E-state index contributed by atoms with van der Waals surface area (Å²) in [7, 11) is 0. The summed E-state index contributed by atoms with van der Waals surface area (Å²) in [5.41, 5.74) is 0.695. The van der Waals surface area contributed by atoms with Crippen molar-refractivity contribution in [2.45, 2.75) is 13.3 Å². The first-order chi connectivity index (χ1) is 10.2. The van der Waals surface area contributed by atoms with Crippen LogP contribution in [0.1, 0.15) is 11.4 Å². The molecule has 0 saturated heterocycles. The molecule has 5 heteroatoms. The zero-order valence-corrected chi connectivity index (χ0v) is 12.1. The maximum Gasteiger partial charge on any atom is 0.132 e. The van der Waals surface area contributed by atoms with Crippen molar-refractivity contribution < 1.29 is 4.39 Å². The van der Waals surface area contributed by atoms with E-state index in [2.05, 4.69) is 27.2 Å². The van der Waals surface area contributed by atoms with Crippen LogP contribution in [0.4, 0.5) is 16.0 Å². The van der Waals surface area contributed by atoms with Gasteiger partial charge in [-0.25, -0.2) is 14.4 Å². The highest BCUT2D eigenvalue weighted by Crippen LogP contribution is 2.12. The van der Waals surface area contributed by atoms with Crippen LogP contribution in [0.25, 0.3) is 0 Å². The Kier molecular flexibility index (Phi) is 5.26. The van der Waals surface area contributed by atoms with Crippen molar-refractivity contribution in [3.63, 3.8) is 0 Å². The fourth-order valence-electron chi connectivity index (χ4n) is 1.95. The van der Waals surface area contributed by atoms with Crippen LogP contribution in [0.5, 0.6) is 0 Å². The molecule has 2 N–H and O–H groups in total. The zero-order chi connectivity index (χ0) is 15.1. The average molecular weight is 286 g/mol. The predicted octanol–water partition coefficient (Wildman–Crippen LogP) is 3.18. The predicted molar refractivity (Wildman–Crippen MR) is 84.0 cm³/mol. The normalized spacial score (nSPS) is 10.2. The maximum atomic E-state index is 13.5. The van der Waals surface area contributed by atoms with E-state index in [0.717, 1.165) is 11.6 Å². The topological polar surface area (TPSA) is 49.8 Å². The molecule has 0 bridgehead atoms. The molecule has 21 heavy (non-hydrogen) atoms. The number of anilines is 2. The highest BCUT2D eigenvalue weighted by atomic mass is 19.1. The summed E-state index contributed by atoms with van der Waals surface area (Å²) in [6.45, 7) is 6.74. The Bertz CT molecular complexity index is 613. The van der Waals surface area contributed by atoms with Crippen molar-refractivity contribution in [1.29, 1.82) is 0 Å². The summed E-state index contributed by atoms with van der Waals surface area (Å²) < 4.78 is 13.5. The van der Waals surface area contributed by atoms with Gasteiger partial charge in [0.1, 0.15) is 23.3 Å². The second-order valence-electron chi connectivity index (χ2n) is 4.62. The summed E-state index contributed by atoms with van der Waals surface area (Å²) in [6, 6.07) is 8.63. The molecule has 1 aromatic carbocycles. The lowest BCUT2D eigenvalue weighted by molar-refractivity contribution is 0.610. The second-order valence-corrected chi connectivity index (χ2v) is 4.62. The van der Waals surface area contributed by atoms with Gasteiger partial charge in [-0.15, -0.1) is 6.58 Å². The van der Waals surface area contributed by atoms with Gasteiger partial charge in [-0.1, -0.05) is 24.3 Å². The summed E-state index contributed by atoms with van der Waals surface area (Å²) in [5, 5.41) is 6.32. The molecule has 0 aliphatic heterocycles. The van der Waals surface area contributed by atoms with E-state index in [1.165, 1.54) is 6.07 Å². The van der Waals surface area contributed by atoms with Crippen LogP contribution in [0.15, 0.2) is 43.0 Å². The molecule has 2 rings (SSSR count). The number of rotatable bonds is 7. The van der Waals surface area contributed by atoms with Crippen LogP contribution >= 0.6 is 0 Å². The molecule has 1 heterocycles. The van der Waals surface area contributed by atoms with Crippen molar-refractivity contribution >= 4 is 11.6 Å². The third-order valence-electron chi connectivity index (χ3n) is 2.92. The molecule has 2 aromatic rings. The lowest BCUT2D eigenvalue weighted by Gasteiger charge is -2.09. The fraction of sp³-hybridized carbons (Fsp3) is 0.250. The summed E-state index contributed by atoms with van der Waals surface area (Å²) in [6.07, 6.45) is 2.37. The van der Waals surface area contributed by atoms with E-state index >= 15 is 0 Å². The summed E-state index contributed by atoms with van der Waals surface area (Å²) >= 11 is 0. The van der Waals surface area contributed by atoms with E-state index in [9.17, 15) is 4.39 Å². The Morgan fingerprint density at radius 2 is 1.90 bits per heavy atom. The van der Waals surface area contributed by atoms with Gasteiger partial charge in [-0.05, 0) is 25.0 Å². The number of halogens is 1. The van der Waals surface area contributed by atoms with Crippen LogP contribution in [-0.4, -0.2) is 23.1 Å². The molecule has 0 aliphatic rings. The van der Waals surface area contributed by atoms with Crippen molar-refractivity contribution in [2.24, 2.45) is 0 Å². The molecular formula is C16H19FN4. The van der Waals surface area contributed by atoms with E-state index in [0.29, 0.717) is 30.9 Å². The fourth-order valence-corrected chi connectivity index (χ4v) is 1.95. The first-order valence-electron chi connectivity index (χ1n) is 6.87. The molecule has 1 aromatic heterocycles. The van der Waals surface area contributed by atoms with Gasteiger partial charge in [-0.3, -0.25) is 0 Å². The van der Waals surface area contributed by atoms with E-state index < -0.39 is 0 Å². The molecule has 4 nitrogen and oxygen atoms in total. The molecule has 0 fully saturated rings. The van der Waals surface area contributed by atoms with Crippen LogP contribution in [0.3, 0.4) is 0 Å². The smallest absolute Gasteiger partial charge is 0.132 e. The molecule has 0 unspecified atom stereocenters. The highest BCUT2D eigenvalue weighted by Gasteiger charge is 2.03. The summed E-state index contributed by atoms with van der Waals surface area (Å²) in [4.78, 5) is 8.60. The molecular weight excluding hydrogens is 267 g/mol. The first-order valence-corrected chi connectivity index (χ1v) is 6.87. The van der Waals surface area contributed by atoms with Gasteiger partial charge >= 0.3 is 0 Å². The maximum absolute atomic E-state index is 13.5. The first kappa shape index (κ1) is 15.0. The van der Waals surface area contributed by atoms with Crippen molar-refractivity contribution in [3.05, 3.63) is 60.2 Å². The second kappa shape index (κ2) is 7.38. The van der Waals surface area contributed by atoms with E-state index in [1.807, 2.05) is 19.1 Å². The van der Waals surface area contributed by atoms with Crippen LogP contribution in [0, 0.1) is 12.7 Å². The number of hydrogen-bond acceptors (Lipinski definition) is 4. The van der Waals surface area contributed by atoms with Gasteiger partial charge in [0.25, 0.3) is 0 Å². The van der Waals surface area contributed by atoms with E-state index in [1.54, 1.807) is 18.2 Å². The van der Waals surface area contributed by atoms with Crippen LogP contribution in [0.2, 0.25) is 0 Å². The number of aryl methyl sites for hydroxylation is 1. The van der Waals surface area contributed by atoms with Crippen molar-refractivity contribution in [2.75, 3.05) is 23.7 Å². The molecule has 110 valence electrons. The molecule has 0 saturated carbocycles. The zero-order valence-electron chi connectivity index (χ0n) is 12.1. The lowest BCUT2D eigenvalue weighted by atomic mass is 10.1. The quantitative estimate of drug-likeness (QED) is 0.768. The molecule has 0 amide bonds. The minimum atomic E-state index is -0.175. The number of nitrogens with zero attached hydrogens (tertiary/aromatic N) is 2. The third-order valence-corrected chi connectivity index (χ3v) is 2.92. The van der Waals surface area contributed by atoms with Gasteiger partial charge in [0.2, 0.25) is 0 Å². The molecule has 0 spiro atoms. The third kappa shape index (κ3) is 4.56. The Balaban J connectivity index is 1.95. The Labute approximate surface area is 124 Å².